The second-order valence-electron chi connectivity index (χ2n) is 2.91. The molecule has 5 nitrogen and oxygen atoms in total. The molecule has 0 unspecified atom stereocenters. The summed E-state index contributed by atoms with van der Waals surface area (Å²) in [6, 6.07) is 1.14. The van der Waals surface area contributed by atoms with E-state index in [1.165, 1.54) is 21.1 Å². The van der Waals surface area contributed by atoms with Gasteiger partial charge in [0.25, 0.3) is 0 Å². The Labute approximate surface area is 86.9 Å². The molecule has 0 saturated heterocycles. The summed E-state index contributed by atoms with van der Waals surface area (Å²) < 4.78 is 9.69. The maximum absolute atomic E-state index is 11.1. The minimum absolute atomic E-state index is 0.000000000000000222. The summed E-state index contributed by atoms with van der Waals surface area (Å²) >= 11 is 0. The highest BCUT2D eigenvalue weighted by molar-refractivity contribution is 5.98. The third-order valence-electron chi connectivity index (χ3n) is 1.98. The average molecular weight is 212 g/mol. The highest BCUT2D eigenvalue weighted by Gasteiger charge is 2.20. The van der Waals surface area contributed by atoms with Crippen LogP contribution in [-0.4, -0.2) is 30.2 Å². The van der Waals surface area contributed by atoms with E-state index in [2.05, 4.69) is 0 Å². The first-order valence-electron chi connectivity index (χ1n) is 4.20. The van der Waals surface area contributed by atoms with Gasteiger partial charge in [-0.15, -0.1) is 0 Å². The van der Waals surface area contributed by atoms with Crippen LogP contribution in [-0.2, 0) is 0 Å². The Bertz CT molecular complexity index is 397. The van der Waals surface area contributed by atoms with Crippen molar-refractivity contribution in [3.63, 3.8) is 0 Å². The van der Waals surface area contributed by atoms with Gasteiger partial charge < -0.3 is 19.7 Å². The van der Waals surface area contributed by atoms with E-state index in [1.54, 1.807) is 0 Å². The van der Waals surface area contributed by atoms with Gasteiger partial charge in [-0.3, -0.25) is 4.79 Å². The number of carbonyl (C=O) groups is 1. The molecule has 0 aliphatic heterocycles. The predicted molar refractivity (Wildman–Crippen MR) is 52.9 cm³/mol. The molecule has 0 aromatic heterocycles. The van der Waals surface area contributed by atoms with E-state index in [0.29, 0.717) is 0 Å². The summed E-state index contributed by atoms with van der Waals surface area (Å²) in [4.78, 5) is 11.1. The van der Waals surface area contributed by atoms with Gasteiger partial charge in [0, 0.05) is 0 Å². The quantitative estimate of drug-likeness (QED) is 0.583. The molecule has 1 aromatic rings. The number of methoxy groups -OCH3 is 2. The first kappa shape index (κ1) is 11.2. The molecule has 0 amide bonds. The molecule has 1 rings (SSSR count). The smallest absolute Gasteiger partial charge is 0.207 e. The molecule has 2 N–H and O–H groups in total. The molecule has 15 heavy (non-hydrogen) atoms. The third-order valence-corrected chi connectivity index (χ3v) is 1.98. The third kappa shape index (κ3) is 1.81. The summed E-state index contributed by atoms with van der Waals surface area (Å²) in [7, 11) is 2.63. The van der Waals surface area contributed by atoms with E-state index in [1.807, 2.05) is 0 Å². The largest absolute Gasteiger partial charge is 0.504 e. The lowest BCUT2D eigenvalue weighted by molar-refractivity contribution is 0.101. The number of ketones is 1. The van der Waals surface area contributed by atoms with Crippen molar-refractivity contribution in [3.05, 3.63) is 11.6 Å². The Balaban J connectivity index is 3.51. The minimum atomic E-state index is -0.372. The number of benzene rings is 1. The lowest BCUT2D eigenvalue weighted by Crippen LogP contribution is -1.98. The monoisotopic (exact) mass is 212 g/mol. The van der Waals surface area contributed by atoms with Crippen molar-refractivity contribution < 1.29 is 24.5 Å². The number of hydrogen-bond donors (Lipinski definition) is 2. The molecular weight excluding hydrogens is 200 g/mol. The first-order valence-corrected chi connectivity index (χ1v) is 4.20. The molecule has 0 aliphatic rings. The lowest BCUT2D eigenvalue weighted by Gasteiger charge is -2.12. The molecule has 0 bridgehead atoms. The van der Waals surface area contributed by atoms with E-state index in [0.717, 1.165) is 6.07 Å². The minimum Gasteiger partial charge on any atom is -0.504 e. The standard InChI is InChI=1S/C10H12O5/c1-5(11)6-4-7(12)9(14-2)10(15-3)8(6)13/h4,12-13H,1-3H3. The van der Waals surface area contributed by atoms with Gasteiger partial charge in [0.05, 0.1) is 19.8 Å². The van der Waals surface area contributed by atoms with Crippen molar-refractivity contribution in [2.24, 2.45) is 0 Å². The van der Waals surface area contributed by atoms with Crippen LogP contribution in [0.4, 0.5) is 0 Å². The molecule has 0 heterocycles. The molecule has 0 radical (unpaired) electrons. The zero-order valence-corrected chi connectivity index (χ0v) is 8.70. The van der Waals surface area contributed by atoms with Gasteiger partial charge in [0.2, 0.25) is 11.5 Å². The topological polar surface area (TPSA) is 76.0 Å². The van der Waals surface area contributed by atoms with Crippen molar-refractivity contribution in [2.75, 3.05) is 14.2 Å². The molecule has 5 heteroatoms. The van der Waals surface area contributed by atoms with Crippen molar-refractivity contribution >= 4 is 5.78 Å². The van der Waals surface area contributed by atoms with Gasteiger partial charge >= 0.3 is 0 Å². The number of hydrogen-bond acceptors (Lipinski definition) is 5. The number of aromatic hydroxyl groups is 2. The van der Waals surface area contributed by atoms with Gasteiger partial charge in [0.1, 0.15) is 0 Å². The Morgan fingerprint density at radius 3 is 2.13 bits per heavy atom. The van der Waals surface area contributed by atoms with Gasteiger partial charge in [-0.25, -0.2) is 0 Å². The Hall–Kier alpha value is -1.91. The zero-order chi connectivity index (χ0) is 11.6. The lowest BCUT2D eigenvalue weighted by atomic mass is 10.1. The molecule has 0 atom stereocenters. The van der Waals surface area contributed by atoms with E-state index < -0.39 is 0 Å². The Morgan fingerprint density at radius 2 is 1.73 bits per heavy atom. The molecule has 0 spiro atoms. The van der Waals surface area contributed by atoms with Crippen LogP contribution in [0.25, 0.3) is 0 Å². The molecular formula is C10H12O5. The number of ether oxygens (including phenoxy) is 2. The van der Waals surface area contributed by atoms with E-state index >= 15 is 0 Å². The fourth-order valence-electron chi connectivity index (χ4n) is 1.27. The van der Waals surface area contributed by atoms with Crippen LogP contribution >= 0.6 is 0 Å². The highest BCUT2D eigenvalue weighted by atomic mass is 16.5. The van der Waals surface area contributed by atoms with Gasteiger partial charge in [-0.1, -0.05) is 0 Å². The number of Topliss-reactive ketones (excluding diaryl/α,β-unsaturated/α-hetero) is 1. The number of phenols is 2. The molecule has 0 saturated carbocycles. The van der Waals surface area contributed by atoms with E-state index in [9.17, 15) is 15.0 Å². The number of carbonyl (C=O) groups excluding carboxylic acids is 1. The first-order chi connectivity index (χ1) is 7.02. The molecule has 1 aromatic carbocycles. The van der Waals surface area contributed by atoms with Gasteiger partial charge in [-0.2, -0.15) is 0 Å². The maximum Gasteiger partial charge on any atom is 0.207 e. The van der Waals surface area contributed by atoms with Gasteiger partial charge in [0.15, 0.2) is 17.3 Å². The van der Waals surface area contributed by atoms with Crippen LogP contribution in [0.1, 0.15) is 17.3 Å². The fraction of sp³-hybridized carbons (Fsp3) is 0.300. The van der Waals surface area contributed by atoms with E-state index in [-0.39, 0.29) is 34.3 Å². The molecule has 0 aliphatic carbocycles. The summed E-state index contributed by atoms with van der Waals surface area (Å²) in [6.45, 7) is 1.28. The Kier molecular flexibility index (Phi) is 3.04. The summed E-state index contributed by atoms with van der Waals surface area (Å²) in [5, 5.41) is 19.2. The van der Waals surface area contributed by atoms with E-state index in [4.69, 9.17) is 9.47 Å². The summed E-state index contributed by atoms with van der Waals surface area (Å²) in [5.41, 5.74) is -0.00912. The summed E-state index contributed by atoms with van der Waals surface area (Å²) in [6.07, 6.45) is 0. The highest BCUT2D eigenvalue weighted by Crippen LogP contribution is 2.45. The maximum atomic E-state index is 11.1. The SMILES string of the molecule is COc1c(O)cc(C(C)=O)c(O)c1OC. The van der Waals surface area contributed by atoms with Crippen LogP contribution in [0.15, 0.2) is 6.07 Å². The molecule has 82 valence electrons. The van der Waals surface area contributed by atoms with Crippen LogP contribution in [0, 0.1) is 0 Å². The van der Waals surface area contributed by atoms with Crippen LogP contribution in [0.3, 0.4) is 0 Å². The second kappa shape index (κ2) is 4.08. The number of phenolic OH excluding ortho intramolecular Hbond substituents is 2. The average Bonchev–Trinajstić information content (AvgIpc) is 2.19. The van der Waals surface area contributed by atoms with Crippen molar-refractivity contribution in [1.29, 1.82) is 0 Å². The number of rotatable bonds is 3. The Morgan fingerprint density at radius 1 is 1.20 bits per heavy atom. The van der Waals surface area contributed by atoms with Crippen molar-refractivity contribution in [3.8, 4) is 23.0 Å². The van der Waals surface area contributed by atoms with Crippen LogP contribution < -0.4 is 9.47 Å². The second-order valence-corrected chi connectivity index (χ2v) is 2.91. The van der Waals surface area contributed by atoms with Gasteiger partial charge in [-0.05, 0) is 13.0 Å². The van der Waals surface area contributed by atoms with Crippen molar-refractivity contribution in [2.45, 2.75) is 6.92 Å². The zero-order valence-electron chi connectivity index (χ0n) is 8.70. The molecule has 0 fully saturated rings. The fourth-order valence-corrected chi connectivity index (χ4v) is 1.27. The normalized spacial score (nSPS) is 9.80. The van der Waals surface area contributed by atoms with Crippen LogP contribution in [0.2, 0.25) is 0 Å². The predicted octanol–water partition coefficient (Wildman–Crippen LogP) is 1.32. The van der Waals surface area contributed by atoms with Crippen molar-refractivity contribution in [1.82, 2.24) is 0 Å². The summed E-state index contributed by atoms with van der Waals surface area (Å²) in [5.74, 6) is -1.01. The van der Waals surface area contributed by atoms with Crippen LogP contribution in [0.5, 0.6) is 23.0 Å².